The fourth-order valence-corrected chi connectivity index (χ4v) is 1.76. The first-order chi connectivity index (χ1) is 9.02. The van der Waals surface area contributed by atoms with Gasteiger partial charge >= 0.3 is 5.97 Å². The normalized spacial score (nSPS) is 11.6. The largest absolute Gasteiger partial charge is 0.490 e. The molecular formula is C15H18O4. The van der Waals surface area contributed by atoms with E-state index in [9.17, 15) is 9.59 Å². The molecule has 4 nitrogen and oxygen atoms in total. The van der Waals surface area contributed by atoms with E-state index in [0.717, 1.165) is 5.56 Å². The van der Waals surface area contributed by atoms with Gasteiger partial charge in [-0.05, 0) is 31.0 Å². The van der Waals surface area contributed by atoms with E-state index in [0.29, 0.717) is 18.8 Å². The summed E-state index contributed by atoms with van der Waals surface area (Å²) in [6.07, 6.45) is 2.06. The fourth-order valence-electron chi connectivity index (χ4n) is 1.76. The molecule has 1 aromatic rings. The number of ether oxygens (including phenoxy) is 1. The number of carboxylic acid groups (broad SMARTS) is 1. The average Bonchev–Trinajstić information content (AvgIpc) is 2.36. The van der Waals surface area contributed by atoms with Crippen LogP contribution < -0.4 is 4.74 Å². The van der Waals surface area contributed by atoms with E-state index >= 15 is 0 Å². The van der Waals surface area contributed by atoms with Gasteiger partial charge in [0.1, 0.15) is 18.1 Å². The summed E-state index contributed by atoms with van der Waals surface area (Å²) in [5, 5.41) is 9.07. The maximum atomic E-state index is 11.1. The maximum Gasteiger partial charge on any atom is 0.307 e. The van der Waals surface area contributed by atoms with Crippen molar-refractivity contribution in [3.8, 4) is 5.75 Å². The van der Waals surface area contributed by atoms with Gasteiger partial charge in [-0.2, -0.15) is 0 Å². The zero-order valence-electron chi connectivity index (χ0n) is 11.0. The number of carbonyl (C=O) groups excluding carboxylic acids is 1. The molecule has 0 amide bonds. The molecule has 0 spiro atoms. The molecule has 0 aliphatic heterocycles. The number of benzene rings is 1. The van der Waals surface area contributed by atoms with Crippen molar-refractivity contribution in [2.45, 2.75) is 19.8 Å². The van der Waals surface area contributed by atoms with Gasteiger partial charge in [0, 0.05) is 6.42 Å². The maximum absolute atomic E-state index is 11.1. The molecule has 19 heavy (non-hydrogen) atoms. The second-order valence-electron chi connectivity index (χ2n) is 4.39. The van der Waals surface area contributed by atoms with Crippen molar-refractivity contribution in [2.24, 2.45) is 5.92 Å². The minimum absolute atomic E-state index is 0.0596. The van der Waals surface area contributed by atoms with Crippen LogP contribution in [-0.2, 0) is 16.0 Å². The molecule has 4 heteroatoms. The van der Waals surface area contributed by atoms with Crippen LogP contribution in [0.4, 0.5) is 0 Å². The number of Topliss-reactive ketones (excluding diaryl/α,β-unsaturated/α-hetero) is 1. The van der Waals surface area contributed by atoms with Crippen LogP contribution in [0.3, 0.4) is 0 Å². The van der Waals surface area contributed by atoms with E-state index in [1.807, 2.05) is 12.1 Å². The van der Waals surface area contributed by atoms with Gasteiger partial charge in [0.15, 0.2) is 0 Å². The van der Waals surface area contributed by atoms with Crippen LogP contribution in [0.5, 0.6) is 5.75 Å². The van der Waals surface area contributed by atoms with Crippen molar-refractivity contribution in [3.63, 3.8) is 0 Å². The Balaban J connectivity index is 2.66. The van der Waals surface area contributed by atoms with Crippen LogP contribution in [0.2, 0.25) is 0 Å². The zero-order valence-corrected chi connectivity index (χ0v) is 11.0. The van der Waals surface area contributed by atoms with Crippen LogP contribution in [0.15, 0.2) is 36.9 Å². The van der Waals surface area contributed by atoms with Crippen molar-refractivity contribution < 1.29 is 19.4 Å². The monoisotopic (exact) mass is 262 g/mol. The van der Waals surface area contributed by atoms with E-state index in [2.05, 4.69) is 6.58 Å². The van der Waals surface area contributed by atoms with E-state index in [-0.39, 0.29) is 12.2 Å². The standard InChI is InChI=1S/C15H18O4/c1-3-8-19-14-6-4-12(5-7-14)10-13(15(17)18)9-11(2)16/h3-7,13H,1,8-10H2,2H3,(H,17,18)/t13-/m1/s1. The number of carboxylic acids is 1. The van der Waals surface area contributed by atoms with Crippen molar-refractivity contribution in [1.82, 2.24) is 0 Å². The molecule has 0 saturated heterocycles. The third-order valence-corrected chi connectivity index (χ3v) is 2.66. The predicted octanol–water partition coefficient (Wildman–Crippen LogP) is 2.47. The summed E-state index contributed by atoms with van der Waals surface area (Å²) < 4.78 is 5.34. The van der Waals surface area contributed by atoms with E-state index in [1.54, 1.807) is 18.2 Å². The minimum Gasteiger partial charge on any atom is -0.490 e. The number of aliphatic carboxylic acids is 1. The summed E-state index contributed by atoms with van der Waals surface area (Å²) in [7, 11) is 0. The quantitative estimate of drug-likeness (QED) is 0.731. The number of carbonyl (C=O) groups is 2. The summed E-state index contributed by atoms with van der Waals surface area (Å²) in [6, 6.07) is 7.19. The Bertz CT molecular complexity index is 448. The number of ketones is 1. The summed E-state index contributed by atoms with van der Waals surface area (Å²) in [6.45, 7) is 5.39. The second-order valence-corrected chi connectivity index (χ2v) is 4.39. The molecule has 1 atom stereocenters. The molecule has 0 heterocycles. The summed E-state index contributed by atoms with van der Waals surface area (Å²) in [5.74, 6) is -1.01. The Morgan fingerprint density at radius 2 is 2.00 bits per heavy atom. The zero-order chi connectivity index (χ0) is 14.3. The van der Waals surface area contributed by atoms with Gasteiger partial charge in [0.25, 0.3) is 0 Å². The lowest BCUT2D eigenvalue weighted by Crippen LogP contribution is -2.19. The molecule has 0 aliphatic carbocycles. The summed E-state index contributed by atoms with van der Waals surface area (Å²) in [4.78, 5) is 22.1. The molecule has 1 rings (SSSR count). The molecule has 0 fully saturated rings. The topological polar surface area (TPSA) is 63.6 Å². The van der Waals surface area contributed by atoms with Gasteiger partial charge in [0.05, 0.1) is 5.92 Å². The lowest BCUT2D eigenvalue weighted by atomic mass is 9.95. The summed E-state index contributed by atoms with van der Waals surface area (Å²) >= 11 is 0. The Labute approximate surface area is 112 Å². The number of hydrogen-bond donors (Lipinski definition) is 1. The Morgan fingerprint density at radius 1 is 1.37 bits per heavy atom. The Kier molecular flexibility index (Phi) is 5.79. The van der Waals surface area contributed by atoms with Crippen LogP contribution in [-0.4, -0.2) is 23.5 Å². The lowest BCUT2D eigenvalue weighted by Gasteiger charge is -2.11. The average molecular weight is 262 g/mol. The molecule has 0 aliphatic rings. The highest BCUT2D eigenvalue weighted by atomic mass is 16.5. The molecule has 1 N–H and O–H groups in total. The van der Waals surface area contributed by atoms with Crippen molar-refractivity contribution in [1.29, 1.82) is 0 Å². The highest BCUT2D eigenvalue weighted by Crippen LogP contribution is 2.17. The first-order valence-electron chi connectivity index (χ1n) is 6.07. The van der Waals surface area contributed by atoms with Gasteiger partial charge < -0.3 is 14.6 Å². The molecule has 0 radical (unpaired) electrons. The molecule has 1 aromatic carbocycles. The first-order valence-corrected chi connectivity index (χ1v) is 6.07. The van der Waals surface area contributed by atoms with E-state index < -0.39 is 11.9 Å². The van der Waals surface area contributed by atoms with Gasteiger partial charge in [0.2, 0.25) is 0 Å². The van der Waals surface area contributed by atoms with Crippen LogP contribution >= 0.6 is 0 Å². The van der Waals surface area contributed by atoms with Gasteiger partial charge in [-0.1, -0.05) is 24.8 Å². The fraction of sp³-hybridized carbons (Fsp3) is 0.333. The van der Waals surface area contributed by atoms with Crippen LogP contribution in [0.25, 0.3) is 0 Å². The third kappa shape index (κ3) is 5.38. The highest BCUT2D eigenvalue weighted by molar-refractivity contribution is 5.82. The number of rotatable bonds is 8. The minimum atomic E-state index is -0.942. The molecular weight excluding hydrogens is 244 g/mol. The molecule has 102 valence electrons. The Morgan fingerprint density at radius 3 is 2.47 bits per heavy atom. The van der Waals surface area contributed by atoms with Crippen molar-refractivity contribution in [3.05, 3.63) is 42.5 Å². The Hall–Kier alpha value is -2.10. The third-order valence-electron chi connectivity index (χ3n) is 2.66. The van der Waals surface area contributed by atoms with Crippen LogP contribution in [0.1, 0.15) is 18.9 Å². The van der Waals surface area contributed by atoms with Crippen molar-refractivity contribution in [2.75, 3.05) is 6.61 Å². The SMILES string of the molecule is C=CCOc1ccc(C[C@@H](CC(C)=O)C(=O)O)cc1. The predicted molar refractivity (Wildman–Crippen MR) is 72.3 cm³/mol. The van der Waals surface area contributed by atoms with Gasteiger partial charge in [-0.3, -0.25) is 4.79 Å². The number of hydrogen-bond acceptors (Lipinski definition) is 3. The van der Waals surface area contributed by atoms with E-state index in [1.165, 1.54) is 6.92 Å². The molecule has 0 saturated carbocycles. The second kappa shape index (κ2) is 7.36. The van der Waals surface area contributed by atoms with Crippen molar-refractivity contribution >= 4 is 11.8 Å². The molecule has 0 bridgehead atoms. The lowest BCUT2D eigenvalue weighted by molar-refractivity contribution is -0.143. The van der Waals surface area contributed by atoms with Crippen LogP contribution in [0, 0.1) is 5.92 Å². The molecule has 0 aromatic heterocycles. The highest BCUT2D eigenvalue weighted by Gasteiger charge is 2.19. The van der Waals surface area contributed by atoms with Gasteiger partial charge in [-0.15, -0.1) is 0 Å². The molecule has 0 unspecified atom stereocenters. The smallest absolute Gasteiger partial charge is 0.307 e. The first kappa shape index (κ1) is 15.0. The van der Waals surface area contributed by atoms with Gasteiger partial charge in [-0.25, -0.2) is 0 Å². The van der Waals surface area contributed by atoms with E-state index in [4.69, 9.17) is 9.84 Å². The summed E-state index contributed by atoms with van der Waals surface area (Å²) in [5.41, 5.74) is 0.875.